The van der Waals surface area contributed by atoms with E-state index >= 15 is 0 Å². The molecule has 0 fully saturated rings. The average Bonchev–Trinajstić information content (AvgIpc) is 2.29. The summed E-state index contributed by atoms with van der Waals surface area (Å²) < 4.78 is 4.75. The predicted octanol–water partition coefficient (Wildman–Crippen LogP) is 4.04. The van der Waals surface area contributed by atoms with Gasteiger partial charge in [0.25, 0.3) is 0 Å². The summed E-state index contributed by atoms with van der Waals surface area (Å²) in [7, 11) is 1.38. The summed E-state index contributed by atoms with van der Waals surface area (Å²) in [5, 5.41) is 1.64. The van der Waals surface area contributed by atoms with Crippen LogP contribution in [0.1, 0.15) is 17.9 Å². The highest BCUT2D eigenvalue weighted by Gasteiger charge is 2.21. The van der Waals surface area contributed by atoms with E-state index in [1.807, 2.05) is 0 Å². The molecule has 0 N–H and O–H groups in total. The van der Waals surface area contributed by atoms with Crippen molar-refractivity contribution in [1.29, 1.82) is 0 Å². The van der Waals surface area contributed by atoms with Crippen molar-refractivity contribution < 1.29 is 9.53 Å². The molecular formula is C11H11BrCl2O2. The van der Waals surface area contributed by atoms with Crippen LogP contribution in [0.25, 0.3) is 0 Å². The summed E-state index contributed by atoms with van der Waals surface area (Å²) in [4.78, 5) is 11.6. The molecule has 0 saturated carbocycles. The number of rotatable bonds is 4. The van der Waals surface area contributed by atoms with Gasteiger partial charge in [-0.2, -0.15) is 0 Å². The highest BCUT2D eigenvalue weighted by Crippen LogP contribution is 2.29. The smallest absolute Gasteiger partial charge is 0.313 e. The van der Waals surface area contributed by atoms with Gasteiger partial charge in [-0.1, -0.05) is 45.2 Å². The first-order valence-corrected chi connectivity index (χ1v) is 6.56. The Balaban J connectivity index is 3.01. The lowest BCUT2D eigenvalue weighted by Gasteiger charge is -2.14. The molecule has 0 aliphatic rings. The van der Waals surface area contributed by atoms with Gasteiger partial charge in [0.1, 0.15) is 0 Å². The van der Waals surface area contributed by atoms with E-state index in [1.165, 1.54) is 7.11 Å². The maximum atomic E-state index is 11.6. The van der Waals surface area contributed by atoms with Gasteiger partial charge in [-0.25, -0.2) is 0 Å². The fourth-order valence-electron chi connectivity index (χ4n) is 1.40. The molecule has 1 aromatic rings. The van der Waals surface area contributed by atoms with Gasteiger partial charge in [0.05, 0.1) is 23.1 Å². The second-order valence-corrected chi connectivity index (χ2v) is 4.83. The van der Waals surface area contributed by atoms with Crippen LogP contribution >= 0.6 is 39.1 Å². The Labute approximate surface area is 113 Å². The molecule has 16 heavy (non-hydrogen) atoms. The van der Waals surface area contributed by atoms with E-state index < -0.39 is 0 Å². The van der Waals surface area contributed by atoms with Crippen LogP contribution in [-0.2, 0) is 9.53 Å². The first-order chi connectivity index (χ1) is 7.60. The molecule has 1 aromatic carbocycles. The number of alkyl halides is 1. The number of carbonyl (C=O) groups is 1. The van der Waals surface area contributed by atoms with Crippen LogP contribution in [0.15, 0.2) is 18.2 Å². The predicted molar refractivity (Wildman–Crippen MR) is 69.6 cm³/mol. The molecule has 1 atom stereocenters. The molecule has 1 unspecified atom stereocenters. The van der Waals surface area contributed by atoms with Gasteiger partial charge in [-0.3, -0.25) is 4.79 Å². The second kappa shape index (κ2) is 6.48. The number of ether oxygens (including phenoxy) is 1. The van der Waals surface area contributed by atoms with Crippen molar-refractivity contribution in [2.24, 2.45) is 0 Å². The van der Waals surface area contributed by atoms with Crippen LogP contribution in [0.2, 0.25) is 10.0 Å². The number of methoxy groups -OCH3 is 1. The Kier molecular flexibility index (Phi) is 5.59. The van der Waals surface area contributed by atoms with E-state index in [-0.39, 0.29) is 11.9 Å². The molecule has 0 aliphatic carbocycles. The highest BCUT2D eigenvalue weighted by molar-refractivity contribution is 9.09. The van der Waals surface area contributed by atoms with Crippen LogP contribution in [0.4, 0.5) is 0 Å². The lowest BCUT2D eigenvalue weighted by atomic mass is 9.97. The normalized spacial score (nSPS) is 12.2. The quantitative estimate of drug-likeness (QED) is 0.617. The molecule has 0 amide bonds. The minimum Gasteiger partial charge on any atom is -0.469 e. The van der Waals surface area contributed by atoms with Crippen molar-refractivity contribution in [2.45, 2.75) is 12.3 Å². The molecule has 0 aromatic heterocycles. The van der Waals surface area contributed by atoms with E-state index in [4.69, 9.17) is 27.9 Å². The molecule has 0 radical (unpaired) electrons. The van der Waals surface area contributed by atoms with Gasteiger partial charge in [-0.05, 0) is 24.1 Å². The largest absolute Gasteiger partial charge is 0.469 e. The topological polar surface area (TPSA) is 26.3 Å². The molecule has 0 heterocycles. The number of hydrogen-bond donors (Lipinski definition) is 0. The van der Waals surface area contributed by atoms with Crippen molar-refractivity contribution in [3.63, 3.8) is 0 Å². The van der Waals surface area contributed by atoms with Crippen molar-refractivity contribution in [3.8, 4) is 0 Å². The SMILES string of the molecule is COC(=O)C(CCBr)c1ccc(Cl)c(Cl)c1. The number of hydrogen-bond acceptors (Lipinski definition) is 2. The molecule has 0 bridgehead atoms. The zero-order chi connectivity index (χ0) is 12.1. The maximum Gasteiger partial charge on any atom is 0.313 e. The van der Waals surface area contributed by atoms with E-state index in [9.17, 15) is 4.79 Å². The number of carbonyl (C=O) groups excluding carboxylic acids is 1. The summed E-state index contributed by atoms with van der Waals surface area (Å²) in [6, 6.07) is 5.18. The van der Waals surface area contributed by atoms with Crippen LogP contribution in [0.5, 0.6) is 0 Å². The average molecular weight is 326 g/mol. The van der Waals surface area contributed by atoms with Gasteiger partial charge in [0.15, 0.2) is 0 Å². The van der Waals surface area contributed by atoms with Gasteiger partial charge in [0.2, 0.25) is 0 Å². The van der Waals surface area contributed by atoms with Gasteiger partial charge < -0.3 is 4.74 Å². The third-order valence-corrected chi connectivity index (χ3v) is 3.43. The van der Waals surface area contributed by atoms with Crippen LogP contribution in [-0.4, -0.2) is 18.4 Å². The summed E-state index contributed by atoms with van der Waals surface area (Å²) >= 11 is 15.0. The van der Waals surface area contributed by atoms with Crippen molar-refractivity contribution in [1.82, 2.24) is 0 Å². The fraction of sp³-hybridized carbons (Fsp3) is 0.364. The highest BCUT2D eigenvalue weighted by atomic mass is 79.9. The van der Waals surface area contributed by atoms with E-state index in [0.29, 0.717) is 21.8 Å². The maximum absolute atomic E-state index is 11.6. The molecule has 0 aliphatic heterocycles. The van der Waals surface area contributed by atoms with Crippen molar-refractivity contribution in [2.75, 3.05) is 12.4 Å². The molecule has 1 rings (SSSR count). The molecular weight excluding hydrogens is 315 g/mol. The summed E-state index contributed by atoms with van der Waals surface area (Å²) in [6.45, 7) is 0. The fourth-order valence-corrected chi connectivity index (χ4v) is 2.17. The van der Waals surface area contributed by atoms with Crippen molar-refractivity contribution in [3.05, 3.63) is 33.8 Å². The summed E-state index contributed by atoms with van der Waals surface area (Å²) in [6.07, 6.45) is 0.657. The lowest BCUT2D eigenvalue weighted by Crippen LogP contribution is -2.14. The van der Waals surface area contributed by atoms with E-state index in [2.05, 4.69) is 15.9 Å². The Bertz CT molecular complexity index is 382. The van der Waals surface area contributed by atoms with E-state index in [1.54, 1.807) is 18.2 Å². The molecule has 2 nitrogen and oxygen atoms in total. The second-order valence-electron chi connectivity index (χ2n) is 3.23. The number of halogens is 3. The number of esters is 1. The summed E-state index contributed by atoms with van der Waals surface area (Å²) in [5.74, 6) is -0.572. The van der Waals surface area contributed by atoms with Crippen LogP contribution < -0.4 is 0 Å². The molecule has 0 spiro atoms. The van der Waals surface area contributed by atoms with Crippen LogP contribution in [0.3, 0.4) is 0 Å². The number of benzene rings is 1. The zero-order valence-corrected chi connectivity index (χ0v) is 11.8. The first-order valence-electron chi connectivity index (χ1n) is 4.69. The molecule has 0 saturated heterocycles. The summed E-state index contributed by atoms with van der Waals surface area (Å²) in [5.41, 5.74) is 0.820. The first kappa shape index (κ1) is 13.8. The van der Waals surface area contributed by atoms with Crippen LogP contribution in [0, 0.1) is 0 Å². The molecule has 88 valence electrons. The third kappa shape index (κ3) is 3.37. The van der Waals surface area contributed by atoms with Gasteiger partial charge in [-0.15, -0.1) is 0 Å². The Morgan fingerprint density at radius 2 is 2.12 bits per heavy atom. The van der Waals surface area contributed by atoms with Gasteiger partial charge >= 0.3 is 5.97 Å². The standard InChI is InChI=1S/C11H11BrCl2O2/c1-16-11(15)8(4-5-12)7-2-3-9(13)10(14)6-7/h2-3,6,8H,4-5H2,1H3. The van der Waals surface area contributed by atoms with Gasteiger partial charge in [0, 0.05) is 5.33 Å². The zero-order valence-electron chi connectivity index (χ0n) is 8.67. The Morgan fingerprint density at radius 1 is 1.44 bits per heavy atom. The minimum absolute atomic E-state index is 0.266. The molecule has 5 heteroatoms. The third-order valence-electron chi connectivity index (χ3n) is 2.23. The Hall–Kier alpha value is -0.250. The Morgan fingerprint density at radius 3 is 2.62 bits per heavy atom. The monoisotopic (exact) mass is 324 g/mol. The van der Waals surface area contributed by atoms with E-state index in [0.717, 1.165) is 5.56 Å². The van der Waals surface area contributed by atoms with Crippen molar-refractivity contribution >= 4 is 45.1 Å². The lowest BCUT2D eigenvalue weighted by molar-refractivity contribution is -0.142. The minimum atomic E-state index is -0.306.